The summed E-state index contributed by atoms with van der Waals surface area (Å²) in [5.74, 6) is -0.371. The second-order valence-corrected chi connectivity index (χ2v) is 10.2. The van der Waals surface area contributed by atoms with E-state index >= 15 is 0 Å². The standard InChI is InChI=1S/C26H30N2O3S/c1-18-11-13-23(14-12-18)25(22-9-7-6-8-10-22)27-26(29)21(4)28(32(5,30)31)24-16-19(2)15-20(3)17-24/h6-17,21,25H,1-5H3,(H,27,29)/t21-,25+/m1/s1. The first kappa shape index (κ1) is 23.5. The molecule has 0 aliphatic heterocycles. The molecule has 0 spiro atoms. The molecule has 0 aliphatic rings. The predicted octanol–water partition coefficient (Wildman–Crippen LogP) is 4.67. The number of rotatable bonds is 7. The monoisotopic (exact) mass is 450 g/mol. The molecular formula is C26H30N2O3S. The van der Waals surface area contributed by atoms with Gasteiger partial charge in [0.15, 0.2) is 0 Å². The lowest BCUT2D eigenvalue weighted by molar-refractivity contribution is -0.122. The molecule has 0 radical (unpaired) electrons. The Hall–Kier alpha value is -3.12. The molecule has 3 rings (SSSR count). The molecule has 0 aromatic heterocycles. The van der Waals surface area contributed by atoms with Crippen LogP contribution >= 0.6 is 0 Å². The fourth-order valence-electron chi connectivity index (χ4n) is 3.91. The van der Waals surface area contributed by atoms with E-state index in [1.807, 2.05) is 81.4 Å². The third-order valence-corrected chi connectivity index (χ3v) is 6.62. The smallest absolute Gasteiger partial charge is 0.244 e. The van der Waals surface area contributed by atoms with Crippen LogP contribution in [0.2, 0.25) is 0 Å². The highest BCUT2D eigenvalue weighted by atomic mass is 32.2. The molecule has 3 aromatic rings. The van der Waals surface area contributed by atoms with E-state index in [4.69, 9.17) is 0 Å². The van der Waals surface area contributed by atoms with Crippen molar-refractivity contribution in [1.29, 1.82) is 0 Å². The quantitative estimate of drug-likeness (QED) is 0.569. The van der Waals surface area contributed by atoms with Crippen LogP contribution in [0.1, 0.15) is 40.8 Å². The zero-order valence-corrected chi connectivity index (χ0v) is 20.0. The molecule has 6 heteroatoms. The summed E-state index contributed by atoms with van der Waals surface area (Å²) in [6.07, 6.45) is 1.13. The van der Waals surface area contributed by atoms with Gasteiger partial charge in [-0.15, -0.1) is 0 Å². The van der Waals surface area contributed by atoms with E-state index in [1.54, 1.807) is 19.1 Å². The van der Waals surface area contributed by atoms with Crippen LogP contribution in [0.25, 0.3) is 0 Å². The maximum Gasteiger partial charge on any atom is 0.244 e. The van der Waals surface area contributed by atoms with E-state index < -0.39 is 22.1 Å². The van der Waals surface area contributed by atoms with Crippen LogP contribution in [0, 0.1) is 20.8 Å². The first-order chi connectivity index (χ1) is 15.1. The Labute approximate surface area is 191 Å². The molecule has 1 N–H and O–H groups in total. The van der Waals surface area contributed by atoms with Crippen LogP contribution in [-0.2, 0) is 14.8 Å². The molecule has 3 aromatic carbocycles. The lowest BCUT2D eigenvalue weighted by Gasteiger charge is -2.30. The van der Waals surface area contributed by atoms with Crippen molar-refractivity contribution < 1.29 is 13.2 Å². The molecule has 0 bridgehead atoms. The molecule has 0 saturated carbocycles. The highest BCUT2D eigenvalue weighted by Crippen LogP contribution is 2.26. The van der Waals surface area contributed by atoms with Crippen LogP contribution in [0.4, 0.5) is 5.69 Å². The summed E-state index contributed by atoms with van der Waals surface area (Å²) in [4.78, 5) is 13.4. The fourth-order valence-corrected chi connectivity index (χ4v) is 5.07. The van der Waals surface area contributed by atoms with Crippen molar-refractivity contribution in [3.8, 4) is 0 Å². The highest BCUT2D eigenvalue weighted by molar-refractivity contribution is 7.92. The van der Waals surface area contributed by atoms with E-state index in [1.165, 1.54) is 4.31 Å². The van der Waals surface area contributed by atoms with Gasteiger partial charge in [-0.1, -0.05) is 66.2 Å². The Kier molecular flexibility index (Phi) is 7.04. The van der Waals surface area contributed by atoms with Crippen molar-refractivity contribution in [2.75, 3.05) is 10.6 Å². The number of aryl methyl sites for hydroxylation is 3. The van der Waals surface area contributed by atoms with E-state index in [0.717, 1.165) is 34.1 Å². The maximum absolute atomic E-state index is 13.4. The van der Waals surface area contributed by atoms with Gasteiger partial charge in [-0.05, 0) is 62.1 Å². The third kappa shape index (κ3) is 5.56. The normalized spacial score (nSPS) is 13.3. The van der Waals surface area contributed by atoms with Crippen LogP contribution in [0.3, 0.4) is 0 Å². The first-order valence-corrected chi connectivity index (χ1v) is 12.4. The van der Waals surface area contributed by atoms with Crippen LogP contribution < -0.4 is 9.62 Å². The van der Waals surface area contributed by atoms with Crippen molar-refractivity contribution >= 4 is 21.6 Å². The lowest BCUT2D eigenvalue weighted by atomic mass is 9.97. The number of amides is 1. The molecule has 2 atom stereocenters. The van der Waals surface area contributed by atoms with E-state index in [9.17, 15) is 13.2 Å². The van der Waals surface area contributed by atoms with Gasteiger partial charge in [0.2, 0.25) is 15.9 Å². The first-order valence-electron chi connectivity index (χ1n) is 10.6. The van der Waals surface area contributed by atoms with Gasteiger partial charge in [0.1, 0.15) is 6.04 Å². The summed E-state index contributed by atoms with van der Waals surface area (Å²) < 4.78 is 26.6. The average Bonchev–Trinajstić information content (AvgIpc) is 2.71. The van der Waals surface area contributed by atoms with Crippen LogP contribution in [0.5, 0.6) is 0 Å². The number of carbonyl (C=O) groups excluding carboxylic acids is 1. The van der Waals surface area contributed by atoms with Crippen molar-refractivity contribution in [3.05, 3.63) is 101 Å². The van der Waals surface area contributed by atoms with Crippen molar-refractivity contribution in [2.24, 2.45) is 0 Å². The molecule has 168 valence electrons. The van der Waals surface area contributed by atoms with Crippen LogP contribution in [-0.4, -0.2) is 26.6 Å². The summed E-state index contributed by atoms with van der Waals surface area (Å²) in [6.45, 7) is 7.44. The molecule has 0 unspecified atom stereocenters. The summed E-state index contributed by atoms with van der Waals surface area (Å²) >= 11 is 0. The Balaban J connectivity index is 1.97. The number of carbonyl (C=O) groups is 1. The number of benzene rings is 3. The van der Waals surface area contributed by atoms with Gasteiger partial charge in [-0.25, -0.2) is 8.42 Å². The third-order valence-electron chi connectivity index (χ3n) is 5.38. The summed E-state index contributed by atoms with van der Waals surface area (Å²) in [5, 5.41) is 3.08. The largest absolute Gasteiger partial charge is 0.343 e. The number of nitrogens with zero attached hydrogens (tertiary/aromatic N) is 1. The molecule has 0 saturated heterocycles. The summed E-state index contributed by atoms with van der Waals surface area (Å²) in [7, 11) is -3.69. The second-order valence-electron chi connectivity index (χ2n) is 8.34. The Morgan fingerprint density at radius 3 is 1.88 bits per heavy atom. The zero-order chi connectivity index (χ0) is 23.5. The molecular weight excluding hydrogens is 420 g/mol. The number of hydrogen-bond acceptors (Lipinski definition) is 3. The van der Waals surface area contributed by atoms with E-state index in [0.29, 0.717) is 5.69 Å². The Bertz CT molecular complexity index is 1170. The second kappa shape index (κ2) is 9.57. The fraction of sp³-hybridized carbons (Fsp3) is 0.269. The lowest BCUT2D eigenvalue weighted by Crippen LogP contribution is -2.48. The average molecular weight is 451 g/mol. The van der Waals surface area contributed by atoms with Crippen molar-refractivity contribution in [3.63, 3.8) is 0 Å². The highest BCUT2D eigenvalue weighted by Gasteiger charge is 2.31. The number of sulfonamides is 1. The minimum Gasteiger partial charge on any atom is -0.343 e. The molecule has 1 amide bonds. The minimum atomic E-state index is -3.69. The van der Waals surface area contributed by atoms with Gasteiger partial charge in [0.05, 0.1) is 18.0 Å². The molecule has 0 heterocycles. The maximum atomic E-state index is 13.4. The number of anilines is 1. The van der Waals surface area contributed by atoms with Gasteiger partial charge in [-0.2, -0.15) is 0 Å². The van der Waals surface area contributed by atoms with E-state index in [-0.39, 0.29) is 5.91 Å². The molecule has 5 nitrogen and oxygen atoms in total. The number of nitrogens with one attached hydrogen (secondary N) is 1. The van der Waals surface area contributed by atoms with Gasteiger partial charge in [-0.3, -0.25) is 9.10 Å². The zero-order valence-electron chi connectivity index (χ0n) is 19.2. The van der Waals surface area contributed by atoms with Crippen molar-refractivity contribution in [1.82, 2.24) is 5.32 Å². The minimum absolute atomic E-state index is 0.371. The van der Waals surface area contributed by atoms with Crippen LogP contribution in [0.15, 0.2) is 72.8 Å². The number of hydrogen-bond donors (Lipinski definition) is 1. The van der Waals surface area contributed by atoms with E-state index in [2.05, 4.69) is 5.32 Å². The molecule has 0 aliphatic carbocycles. The van der Waals surface area contributed by atoms with Gasteiger partial charge < -0.3 is 5.32 Å². The van der Waals surface area contributed by atoms with Crippen molar-refractivity contribution in [2.45, 2.75) is 39.8 Å². The van der Waals surface area contributed by atoms with Gasteiger partial charge in [0.25, 0.3) is 0 Å². The topological polar surface area (TPSA) is 66.5 Å². The SMILES string of the molecule is Cc1ccc([C@@H](NC(=O)[C@@H](C)N(c2cc(C)cc(C)c2)S(C)(=O)=O)c2ccccc2)cc1. The molecule has 32 heavy (non-hydrogen) atoms. The molecule has 0 fully saturated rings. The van der Waals surface area contributed by atoms with Gasteiger partial charge >= 0.3 is 0 Å². The summed E-state index contributed by atoms with van der Waals surface area (Å²) in [6, 6.07) is 21.8. The Morgan fingerprint density at radius 2 is 1.34 bits per heavy atom. The Morgan fingerprint density at radius 1 is 0.812 bits per heavy atom. The predicted molar refractivity (Wildman–Crippen MR) is 130 cm³/mol. The summed E-state index contributed by atoms with van der Waals surface area (Å²) in [5.41, 5.74) is 5.33. The van der Waals surface area contributed by atoms with Gasteiger partial charge in [0, 0.05) is 0 Å².